The minimum absolute atomic E-state index is 0.0974. The highest BCUT2D eigenvalue weighted by atomic mass is 15.1. The monoisotopic (exact) mass is 263 g/mol. The molecule has 5 nitrogen and oxygen atoms in total. The average Bonchev–Trinajstić information content (AvgIpc) is 2.80. The molecule has 0 bridgehead atoms. The second-order valence-electron chi connectivity index (χ2n) is 4.85. The molecule has 0 fully saturated rings. The van der Waals surface area contributed by atoms with Gasteiger partial charge in [0.15, 0.2) is 17.0 Å². The van der Waals surface area contributed by atoms with Crippen LogP contribution in [-0.2, 0) is 19.4 Å². The Balaban J connectivity index is 2.39. The molecule has 20 heavy (non-hydrogen) atoms. The largest absolute Gasteiger partial charge is 0.324 e. The molecular weight excluding hydrogens is 250 g/mol. The standard InChI is InChI=1S/C15H13N5/c1-2-7-20-13-6-4-3-5-10(13)14-15(20)19-12(9-17)11(8-16)18-14/h2H,1,3-7H2. The average molecular weight is 263 g/mol. The summed E-state index contributed by atoms with van der Waals surface area (Å²) in [5.74, 6) is 0. The zero-order chi connectivity index (χ0) is 14.1. The number of fused-ring (bicyclic) bond motifs is 3. The summed E-state index contributed by atoms with van der Waals surface area (Å²) in [4.78, 5) is 8.74. The van der Waals surface area contributed by atoms with E-state index in [-0.39, 0.29) is 11.4 Å². The van der Waals surface area contributed by atoms with Gasteiger partial charge < -0.3 is 4.57 Å². The summed E-state index contributed by atoms with van der Waals surface area (Å²) in [5, 5.41) is 18.2. The van der Waals surface area contributed by atoms with Gasteiger partial charge in [-0.05, 0) is 25.7 Å². The molecule has 0 amide bonds. The summed E-state index contributed by atoms with van der Waals surface area (Å²) in [7, 11) is 0. The molecule has 2 aromatic heterocycles. The van der Waals surface area contributed by atoms with Gasteiger partial charge in [-0.2, -0.15) is 10.5 Å². The Labute approximate surface area is 116 Å². The number of aryl methyl sites for hydroxylation is 1. The number of nitrogens with zero attached hydrogens (tertiary/aromatic N) is 5. The summed E-state index contributed by atoms with van der Waals surface area (Å²) in [6, 6.07) is 3.91. The van der Waals surface area contributed by atoms with E-state index in [1.807, 2.05) is 18.2 Å². The number of nitriles is 2. The number of aromatic nitrogens is 3. The summed E-state index contributed by atoms with van der Waals surface area (Å²) in [6.45, 7) is 4.43. The fraction of sp³-hybridized carbons (Fsp3) is 0.333. The van der Waals surface area contributed by atoms with Crippen LogP contribution in [0.2, 0.25) is 0 Å². The van der Waals surface area contributed by atoms with Crippen LogP contribution in [0.25, 0.3) is 11.2 Å². The maximum Gasteiger partial charge on any atom is 0.179 e. The van der Waals surface area contributed by atoms with Crippen LogP contribution in [-0.4, -0.2) is 14.5 Å². The quantitative estimate of drug-likeness (QED) is 0.778. The van der Waals surface area contributed by atoms with Gasteiger partial charge in [-0.15, -0.1) is 6.58 Å². The van der Waals surface area contributed by atoms with Crippen LogP contribution in [0.4, 0.5) is 0 Å². The van der Waals surface area contributed by atoms with Gasteiger partial charge >= 0.3 is 0 Å². The Hall–Kier alpha value is -2.66. The Morgan fingerprint density at radius 1 is 1.15 bits per heavy atom. The number of hydrogen-bond donors (Lipinski definition) is 0. The second-order valence-corrected chi connectivity index (χ2v) is 4.85. The van der Waals surface area contributed by atoms with E-state index >= 15 is 0 Å². The molecule has 0 atom stereocenters. The number of hydrogen-bond acceptors (Lipinski definition) is 4. The van der Waals surface area contributed by atoms with Gasteiger partial charge in [0.1, 0.15) is 17.7 Å². The highest BCUT2D eigenvalue weighted by Crippen LogP contribution is 2.30. The summed E-state index contributed by atoms with van der Waals surface area (Å²) < 4.78 is 2.08. The van der Waals surface area contributed by atoms with Crippen LogP contribution in [0.15, 0.2) is 12.7 Å². The van der Waals surface area contributed by atoms with E-state index in [0.29, 0.717) is 12.2 Å². The Bertz CT molecular complexity index is 785. The molecule has 1 aliphatic carbocycles. The smallest absolute Gasteiger partial charge is 0.179 e. The molecule has 0 aliphatic heterocycles. The third-order valence-electron chi connectivity index (χ3n) is 3.71. The molecule has 98 valence electrons. The van der Waals surface area contributed by atoms with Crippen LogP contribution in [0.1, 0.15) is 35.5 Å². The first-order valence-corrected chi connectivity index (χ1v) is 6.63. The lowest BCUT2D eigenvalue weighted by Gasteiger charge is -2.13. The third-order valence-corrected chi connectivity index (χ3v) is 3.71. The van der Waals surface area contributed by atoms with Gasteiger partial charge in [0.25, 0.3) is 0 Å². The lowest BCUT2D eigenvalue weighted by molar-refractivity contribution is 0.640. The van der Waals surface area contributed by atoms with E-state index in [1.54, 1.807) is 0 Å². The normalized spacial score (nSPS) is 13.5. The van der Waals surface area contributed by atoms with E-state index in [4.69, 9.17) is 10.5 Å². The van der Waals surface area contributed by atoms with Gasteiger partial charge in [-0.25, -0.2) is 9.97 Å². The van der Waals surface area contributed by atoms with Crippen molar-refractivity contribution in [1.29, 1.82) is 10.5 Å². The van der Waals surface area contributed by atoms with Crippen molar-refractivity contribution in [2.45, 2.75) is 32.2 Å². The molecule has 3 rings (SSSR count). The van der Waals surface area contributed by atoms with E-state index in [0.717, 1.165) is 31.2 Å². The zero-order valence-corrected chi connectivity index (χ0v) is 11.1. The van der Waals surface area contributed by atoms with Crippen LogP contribution < -0.4 is 0 Å². The lowest BCUT2D eigenvalue weighted by Crippen LogP contribution is -2.07. The first-order chi connectivity index (χ1) is 9.80. The molecule has 0 radical (unpaired) electrons. The topological polar surface area (TPSA) is 78.3 Å². The molecular formula is C15H13N5. The predicted octanol–water partition coefficient (Wildman–Crippen LogP) is 2.24. The summed E-state index contributed by atoms with van der Waals surface area (Å²) >= 11 is 0. The van der Waals surface area contributed by atoms with Gasteiger partial charge in [-0.1, -0.05) is 6.08 Å². The Morgan fingerprint density at radius 2 is 1.85 bits per heavy atom. The van der Waals surface area contributed by atoms with Crippen molar-refractivity contribution in [1.82, 2.24) is 14.5 Å². The number of rotatable bonds is 2. The third kappa shape index (κ3) is 1.68. The SMILES string of the molecule is C=CCn1c2c(c3nc(C#N)c(C#N)nc31)CCCC2. The van der Waals surface area contributed by atoms with Crippen molar-refractivity contribution >= 4 is 11.2 Å². The Kier molecular flexibility index (Phi) is 2.96. The van der Waals surface area contributed by atoms with Gasteiger partial charge in [0.2, 0.25) is 0 Å². The highest BCUT2D eigenvalue weighted by Gasteiger charge is 2.23. The van der Waals surface area contributed by atoms with E-state index in [9.17, 15) is 0 Å². The highest BCUT2D eigenvalue weighted by molar-refractivity contribution is 5.79. The van der Waals surface area contributed by atoms with Crippen LogP contribution in [0.5, 0.6) is 0 Å². The van der Waals surface area contributed by atoms with Gasteiger partial charge in [-0.3, -0.25) is 0 Å². The fourth-order valence-corrected chi connectivity index (χ4v) is 2.87. The molecule has 0 saturated carbocycles. The van der Waals surface area contributed by atoms with Crippen molar-refractivity contribution in [3.05, 3.63) is 35.3 Å². The molecule has 0 spiro atoms. The lowest BCUT2D eigenvalue weighted by atomic mass is 9.97. The van der Waals surface area contributed by atoms with Gasteiger partial charge in [0, 0.05) is 17.8 Å². The predicted molar refractivity (Wildman–Crippen MR) is 73.8 cm³/mol. The minimum atomic E-state index is 0.0974. The summed E-state index contributed by atoms with van der Waals surface area (Å²) in [6.07, 6.45) is 6.05. The van der Waals surface area contributed by atoms with Crippen LogP contribution in [0, 0.1) is 22.7 Å². The molecule has 2 aromatic rings. The molecule has 0 unspecified atom stereocenters. The molecule has 0 saturated heterocycles. The molecule has 0 N–H and O–H groups in total. The molecule has 1 aliphatic rings. The van der Waals surface area contributed by atoms with Crippen molar-refractivity contribution in [3.8, 4) is 12.1 Å². The molecule has 2 heterocycles. The fourth-order valence-electron chi connectivity index (χ4n) is 2.87. The van der Waals surface area contributed by atoms with Crippen molar-refractivity contribution < 1.29 is 0 Å². The number of allylic oxidation sites excluding steroid dienone is 1. The van der Waals surface area contributed by atoms with E-state index in [1.165, 1.54) is 11.3 Å². The van der Waals surface area contributed by atoms with Gasteiger partial charge in [0.05, 0.1) is 0 Å². The first-order valence-electron chi connectivity index (χ1n) is 6.63. The van der Waals surface area contributed by atoms with Crippen molar-refractivity contribution in [2.24, 2.45) is 0 Å². The maximum atomic E-state index is 9.10. The first kappa shape index (κ1) is 12.4. The second kappa shape index (κ2) is 4.79. The van der Waals surface area contributed by atoms with E-state index < -0.39 is 0 Å². The van der Waals surface area contributed by atoms with Crippen LogP contribution in [0.3, 0.4) is 0 Å². The molecule has 5 heteroatoms. The minimum Gasteiger partial charge on any atom is -0.324 e. The zero-order valence-electron chi connectivity index (χ0n) is 11.1. The Morgan fingerprint density at radius 3 is 2.55 bits per heavy atom. The van der Waals surface area contributed by atoms with Crippen LogP contribution >= 0.6 is 0 Å². The van der Waals surface area contributed by atoms with Crippen molar-refractivity contribution in [3.63, 3.8) is 0 Å². The summed E-state index contributed by atoms with van der Waals surface area (Å²) in [5.41, 5.74) is 4.10. The van der Waals surface area contributed by atoms with E-state index in [2.05, 4.69) is 21.1 Å². The molecule has 0 aromatic carbocycles. The maximum absolute atomic E-state index is 9.10. The van der Waals surface area contributed by atoms with Crippen molar-refractivity contribution in [2.75, 3.05) is 0 Å².